The molecule has 2 rings (SSSR count). The Bertz CT molecular complexity index is 444. The van der Waals surface area contributed by atoms with Crippen LogP contribution in [0.2, 0.25) is 10.0 Å². The van der Waals surface area contributed by atoms with Gasteiger partial charge in [0.15, 0.2) is 0 Å². The van der Waals surface area contributed by atoms with Crippen molar-refractivity contribution in [2.75, 3.05) is 26.2 Å². The van der Waals surface area contributed by atoms with Crippen LogP contribution < -0.4 is 5.32 Å². The van der Waals surface area contributed by atoms with Crippen LogP contribution in [0.4, 0.5) is 0 Å². The number of phenols is 1. The number of nitrogens with zero attached hydrogens (tertiary/aromatic N) is 1. The summed E-state index contributed by atoms with van der Waals surface area (Å²) in [6.45, 7) is 8.25. The van der Waals surface area contributed by atoms with E-state index in [1.54, 1.807) is 12.1 Å². The summed E-state index contributed by atoms with van der Waals surface area (Å²) in [4.78, 5) is 2.40. The van der Waals surface area contributed by atoms with Gasteiger partial charge in [-0.15, -0.1) is 24.8 Å². The molecule has 1 unspecified atom stereocenters. The molecular weight excluding hydrogens is 366 g/mol. The van der Waals surface area contributed by atoms with E-state index in [1.807, 2.05) is 0 Å². The fourth-order valence-corrected chi connectivity index (χ4v) is 3.47. The maximum atomic E-state index is 10.3. The minimum Gasteiger partial charge on any atom is -0.508 e. The molecule has 1 aliphatic heterocycles. The molecule has 2 N–H and O–H groups in total. The Morgan fingerprint density at radius 3 is 2.32 bits per heavy atom. The molecule has 7 heteroatoms. The quantitative estimate of drug-likeness (QED) is 0.793. The van der Waals surface area contributed by atoms with Crippen LogP contribution in [0.25, 0.3) is 0 Å². The van der Waals surface area contributed by atoms with Crippen LogP contribution in [-0.2, 0) is 0 Å². The first-order valence-electron chi connectivity index (χ1n) is 7.17. The normalized spacial score (nSPS) is 18.0. The number of piperazine rings is 1. The highest BCUT2D eigenvalue weighted by Crippen LogP contribution is 2.41. The Labute approximate surface area is 155 Å². The van der Waals surface area contributed by atoms with Gasteiger partial charge in [-0.2, -0.15) is 0 Å². The fraction of sp³-hybridized carbons (Fsp3) is 0.600. The molecule has 1 aromatic carbocycles. The fourth-order valence-electron chi connectivity index (χ4n) is 2.87. The summed E-state index contributed by atoms with van der Waals surface area (Å²) in [7, 11) is 0. The molecule has 1 fully saturated rings. The molecule has 0 saturated carbocycles. The lowest BCUT2D eigenvalue weighted by Crippen LogP contribution is -2.46. The Hall–Kier alpha value is 0.1000. The number of aromatic hydroxyl groups is 1. The summed E-state index contributed by atoms with van der Waals surface area (Å²) < 4.78 is 0. The van der Waals surface area contributed by atoms with Crippen LogP contribution in [-0.4, -0.2) is 36.2 Å². The summed E-state index contributed by atoms with van der Waals surface area (Å²) in [6.07, 6.45) is 1.03. The van der Waals surface area contributed by atoms with Gasteiger partial charge in [0.2, 0.25) is 0 Å². The van der Waals surface area contributed by atoms with Gasteiger partial charge < -0.3 is 10.4 Å². The second-order valence-corrected chi connectivity index (χ2v) is 6.28. The Morgan fingerprint density at radius 2 is 1.82 bits per heavy atom. The average Bonchev–Trinajstić information content (AvgIpc) is 2.42. The number of hydrogen-bond acceptors (Lipinski definition) is 3. The summed E-state index contributed by atoms with van der Waals surface area (Å²) in [5, 5.41) is 14.7. The van der Waals surface area contributed by atoms with Gasteiger partial charge in [0.05, 0.1) is 5.02 Å². The van der Waals surface area contributed by atoms with Gasteiger partial charge in [0.1, 0.15) is 5.75 Å². The lowest BCUT2D eigenvalue weighted by atomic mass is 9.90. The molecule has 1 aromatic rings. The van der Waals surface area contributed by atoms with Crippen LogP contribution in [0.3, 0.4) is 0 Å². The second-order valence-electron chi connectivity index (χ2n) is 5.44. The van der Waals surface area contributed by atoms with Gasteiger partial charge in [-0.3, -0.25) is 4.90 Å². The molecule has 22 heavy (non-hydrogen) atoms. The Morgan fingerprint density at radius 1 is 1.23 bits per heavy atom. The van der Waals surface area contributed by atoms with E-state index in [2.05, 4.69) is 24.1 Å². The van der Waals surface area contributed by atoms with Gasteiger partial charge in [-0.05, 0) is 18.1 Å². The van der Waals surface area contributed by atoms with Crippen molar-refractivity contribution < 1.29 is 5.11 Å². The lowest BCUT2D eigenvalue weighted by molar-refractivity contribution is 0.126. The van der Waals surface area contributed by atoms with E-state index in [0.717, 1.165) is 38.2 Å². The molecule has 0 spiro atoms. The van der Waals surface area contributed by atoms with Crippen molar-refractivity contribution in [3.63, 3.8) is 0 Å². The van der Waals surface area contributed by atoms with Crippen LogP contribution in [0.15, 0.2) is 12.1 Å². The maximum absolute atomic E-state index is 10.3. The molecular formula is C15H24Cl4N2O. The largest absolute Gasteiger partial charge is 0.508 e. The van der Waals surface area contributed by atoms with Gasteiger partial charge >= 0.3 is 0 Å². The minimum absolute atomic E-state index is 0. The zero-order valence-electron chi connectivity index (χ0n) is 12.8. The monoisotopic (exact) mass is 388 g/mol. The van der Waals surface area contributed by atoms with Crippen LogP contribution in [0.1, 0.15) is 31.9 Å². The highest BCUT2D eigenvalue weighted by atomic mass is 35.5. The van der Waals surface area contributed by atoms with E-state index in [4.69, 9.17) is 23.2 Å². The van der Waals surface area contributed by atoms with E-state index < -0.39 is 0 Å². The third kappa shape index (κ3) is 5.05. The molecule has 0 bridgehead atoms. The van der Waals surface area contributed by atoms with Crippen molar-refractivity contribution in [3.8, 4) is 5.75 Å². The van der Waals surface area contributed by atoms with Crippen LogP contribution >= 0.6 is 48.0 Å². The van der Waals surface area contributed by atoms with Crippen molar-refractivity contribution >= 4 is 48.0 Å². The number of halogens is 4. The first-order valence-corrected chi connectivity index (χ1v) is 7.92. The van der Waals surface area contributed by atoms with E-state index in [-0.39, 0.29) is 36.6 Å². The summed E-state index contributed by atoms with van der Waals surface area (Å²) in [6, 6.07) is 3.43. The zero-order chi connectivity index (χ0) is 14.7. The molecule has 0 amide bonds. The summed E-state index contributed by atoms with van der Waals surface area (Å²) in [5.41, 5.74) is 0.812. The first-order chi connectivity index (χ1) is 9.54. The molecule has 2 atom stereocenters. The highest BCUT2D eigenvalue weighted by Gasteiger charge is 2.30. The van der Waals surface area contributed by atoms with Crippen molar-refractivity contribution in [1.82, 2.24) is 10.2 Å². The van der Waals surface area contributed by atoms with E-state index in [0.29, 0.717) is 16.0 Å². The third-order valence-electron chi connectivity index (χ3n) is 4.10. The highest BCUT2D eigenvalue weighted by molar-refractivity contribution is 6.35. The van der Waals surface area contributed by atoms with E-state index in [1.165, 1.54) is 0 Å². The molecule has 1 saturated heterocycles. The van der Waals surface area contributed by atoms with Gasteiger partial charge in [0.25, 0.3) is 0 Å². The summed E-state index contributed by atoms with van der Waals surface area (Å²) >= 11 is 12.3. The predicted octanol–water partition coefficient (Wildman–Crippen LogP) is 4.54. The lowest BCUT2D eigenvalue weighted by Gasteiger charge is -2.39. The first kappa shape index (κ1) is 22.1. The maximum Gasteiger partial charge on any atom is 0.123 e. The molecule has 1 aliphatic rings. The van der Waals surface area contributed by atoms with Crippen molar-refractivity contribution in [2.45, 2.75) is 26.3 Å². The van der Waals surface area contributed by atoms with Gasteiger partial charge in [-0.25, -0.2) is 0 Å². The van der Waals surface area contributed by atoms with Crippen LogP contribution in [0.5, 0.6) is 5.75 Å². The smallest absolute Gasteiger partial charge is 0.123 e. The van der Waals surface area contributed by atoms with Crippen LogP contribution in [0, 0.1) is 5.92 Å². The van der Waals surface area contributed by atoms with Gasteiger partial charge in [0, 0.05) is 42.8 Å². The standard InChI is InChI=1S/C15H22Cl2N2O.2ClH/c1-3-10(2)15(19-6-4-18-5-7-19)14-12(17)8-11(16)9-13(14)20;;/h8-10,15,18,20H,3-7H2,1-2H3;2*1H/t10?,15-;;/m0../s1. The molecule has 0 aromatic heterocycles. The van der Waals surface area contributed by atoms with E-state index >= 15 is 0 Å². The van der Waals surface area contributed by atoms with E-state index in [9.17, 15) is 5.11 Å². The van der Waals surface area contributed by atoms with Crippen molar-refractivity contribution in [3.05, 3.63) is 27.7 Å². The third-order valence-corrected chi connectivity index (χ3v) is 4.63. The van der Waals surface area contributed by atoms with Gasteiger partial charge in [-0.1, -0.05) is 43.5 Å². The molecule has 3 nitrogen and oxygen atoms in total. The number of rotatable bonds is 4. The number of phenolic OH excluding ortho intramolecular Hbond substituents is 1. The second kappa shape index (κ2) is 10.1. The van der Waals surface area contributed by atoms with Crippen molar-refractivity contribution in [2.24, 2.45) is 5.92 Å². The number of nitrogens with one attached hydrogen (secondary N) is 1. The number of hydrogen-bond donors (Lipinski definition) is 2. The SMILES string of the molecule is CCC(C)[C@@H](c1c(O)cc(Cl)cc1Cl)N1CCNCC1.Cl.Cl. The summed E-state index contributed by atoms with van der Waals surface area (Å²) in [5.74, 6) is 0.615. The molecule has 1 heterocycles. The van der Waals surface area contributed by atoms with Crippen molar-refractivity contribution in [1.29, 1.82) is 0 Å². The minimum atomic E-state index is 0. The molecule has 0 aliphatic carbocycles. The Kier molecular flexibility index (Phi) is 10.1. The predicted molar refractivity (Wildman–Crippen MR) is 99.3 cm³/mol. The topological polar surface area (TPSA) is 35.5 Å². The molecule has 0 radical (unpaired) electrons. The average molecular weight is 390 g/mol. The Balaban J connectivity index is 0.00000220. The zero-order valence-corrected chi connectivity index (χ0v) is 16.0. The molecule has 128 valence electrons. The number of benzene rings is 1.